The lowest BCUT2D eigenvalue weighted by molar-refractivity contribution is -0.140. The van der Waals surface area contributed by atoms with Gasteiger partial charge in [-0.05, 0) is 40.9 Å². The van der Waals surface area contributed by atoms with Crippen LogP contribution in [0.15, 0.2) is 21.3 Å². The second-order valence-electron chi connectivity index (χ2n) is 4.03. The van der Waals surface area contributed by atoms with E-state index < -0.39 is 11.4 Å². The lowest BCUT2D eigenvalue weighted by Gasteiger charge is -2.04. The van der Waals surface area contributed by atoms with Gasteiger partial charge in [-0.1, -0.05) is 0 Å². The average molecular weight is 330 g/mol. The Labute approximate surface area is 114 Å². The zero-order valence-corrected chi connectivity index (χ0v) is 11.9. The molecular formula is C11H8BrNO2S2. The molecule has 0 radical (unpaired) electrons. The lowest BCUT2D eigenvalue weighted by atomic mass is 10.1. The van der Waals surface area contributed by atoms with Gasteiger partial charge in [0.2, 0.25) is 0 Å². The number of carboxylic acids is 1. The number of nitrogens with zero attached hydrogens (tertiary/aromatic N) is 1. The van der Waals surface area contributed by atoms with E-state index >= 15 is 0 Å². The molecule has 0 saturated heterocycles. The number of carbonyl (C=O) groups is 1. The van der Waals surface area contributed by atoms with Crippen LogP contribution in [0.1, 0.15) is 18.5 Å². The number of halogens is 1. The number of hydrogen-bond acceptors (Lipinski definition) is 4. The predicted molar refractivity (Wildman–Crippen MR) is 71.7 cm³/mol. The van der Waals surface area contributed by atoms with E-state index in [0.29, 0.717) is 12.8 Å². The van der Waals surface area contributed by atoms with Crippen LogP contribution in [0.4, 0.5) is 0 Å². The third-order valence-electron chi connectivity index (χ3n) is 2.94. The van der Waals surface area contributed by atoms with Gasteiger partial charge in [-0.25, -0.2) is 4.98 Å². The van der Waals surface area contributed by atoms with Crippen molar-refractivity contribution in [2.24, 2.45) is 0 Å². The van der Waals surface area contributed by atoms with Crippen molar-refractivity contribution in [1.82, 2.24) is 4.98 Å². The minimum atomic E-state index is -0.748. The molecule has 88 valence electrons. The summed E-state index contributed by atoms with van der Waals surface area (Å²) >= 11 is 6.54. The monoisotopic (exact) mass is 329 g/mol. The van der Waals surface area contributed by atoms with Gasteiger partial charge in [0, 0.05) is 5.38 Å². The third kappa shape index (κ3) is 1.84. The molecule has 0 unspecified atom stereocenters. The molecule has 1 N–H and O–H groups in total. The highest BCUT2D eigenvalue weighted by molar-refractivity contribution is 9.11. The molecule has 17 heavy (non-hydrogen) atoms. The number of rotatable bonds is 3. The Balaban J connectivity index is 1.96. The van der Waals surface area contributed by atoms with Crippen molar-refractivity contribution in [3.05, 3.63) is 27.0 Å². The van der Waals surface area contributed by atoms with Crippen LogP contribution in [-0.2, 0) is 10.2 Å². The Bertz CT molecular complexity index is 586. The molecule has 3 nitrogen and oxygen atoms in total. The minimum absolute atomic E-state index is 0.691. The van der Waals surface area contributed by atoms with Crippen molar-refractivity contribution in [2.45, 2.75) is 18.3 Å². The normalized spacial score (nSPS) is 17.0. The van der Waals surface area contributed by atoms with Gasteiger partial charge in [0.1, 0.15) is 10.4 Å². The van der Waals surface area contributed by atoms with Gasteiger partial charge in [-0.3, -0.25) is 4.79 Å². The summed E-state index contributed by atoms with van der Waals surface area (Å²) in [5.74, 6) is -0.748. The summed E-state index contributed by atoms with van der Waals surface area (Å²) in [7, 11) is 0. The van der Waals surface area contributed by atoms with Crippen molar-refractivity contribution in [3.8, 4) is 9.88 Å². The highest BCUT2D eigenvalue weighted by Gasteiger charge is 2.53. The van der Waals surface area contributed by atoms with Crippen molar-refractivity contribution >= 4 is 44.6 Å². The van der Waals surface area contributed by atoms with Crippen molar-refractivity contribution in [3.63, 3.8) is 0 Å². The van der Waals surface area contributed by atoms with E-state index in [1.807, 2.05) is 17.5 Å². The number of thiazole rings is 1. The highest BCUT2D eigenvalue weighted by Crippen LogP contribution is 2.49. The van der Waals surface area contributed by atoms with Crippen molar-refractivity contribution < 1.29 is 9.90 Å². The van der Waals surface area contributed by atoms with Crippen LogP contribution in [0.5, 0.6) is 0 Å². The first-order chi connectivity index (χ1) is 8.12. The van der Waals surface area contributed by atoms with Gasteiger partial charge in [0.25, 0.3) is 0 Å². The van der Waals surface area contributed by atoms with Gasteiger partial charge in [0.15, 0.2) is 0 Å². The van der Waals surface area contributed by atoms with Crippen molar-refractivity contribution in [2.75, 3.05) is 0 Å². The van der Waals surface area contributed by atoms with Crippen LogP contribution in [0, 0.1) is 0 Å². The van der Waals surface area contributed by atoms with E-state index in [0.717, 1.165) is 19.4 Å². The molecular weight excluding hydrogens is 322 g/mol. The maximum atomic E-state index is 11.2. The van der Waals surface area contributed by atoms with E-state index in [1.54, 1.807) is 11.3 Å². The summed E-state index contributed by atoms with van der Waals surface area (Å²) in [6.07, 6.45) is 1.42. The SMILES string of the molecule is O=C(O)C1(c2csc(-c3ccc(Br)s3)n2)CC1. The maximum absolute atomic E-state index is 11.2. The number of carboxylic acid groups (broad SMARTS) is 1. The molecule has 1 saturated carbocycles. The summed E-state index contributed by atoms with van der Waals surface area (Å²) in [6, 6.07) is 3.98. The predicted octanol–water partition coefficient (Wildman–Crippen LogP) is 3.75. The third-order valence-corrected chi connectivity index (χ3v) is 5.57. The Morgan fingerprint density at radius 3 is 2.76 bits per heavy atom. The van der Waals surface area contributed by atoms with Crippen LogP contribution in [-0.4, -0.2) is 16.1 Å². The molecule has 1 aliphatic carbocycles. The summed E-state index contributed by atoms with van der Waals surface area (Å²) in [5, 5.41) is 12.0. The van der Waals surface area contributed by atoms with Gasteiger partial charge in [-0.15, -0.1) is 22.7 Å². The summed E-state index contributed by atoms with van der Waals surface area (Å²) in [6.45, 7) is 0. The molecule has 0 atom stereocenters. The number of aromatic nitrogens is 1. The molecule has 2 aromatic heterocycles. The summed E-state index contributed by atoms with van der Waals surface area (Å²) in [4.78, 5) is 16.7. The van der Waals surface area contributed by atoms with Gasteiger partial charge < -0.3 is 5.11 Å². The molecule has 0 spiro atoms. The fourth-order valence-electron chi connectivity index (χ4n) is 1.74. The first-order valence-electron chi connectivity index (χ1n) is 5.07. The van der Waals surface area contributed by atoms with Gasteiger partial charge >= 0.3 is 5.97 Å². The first-order valence-corrected chi connectivity index (χ1v) is 7.56. The number of thiophene rings is 1. The van der Waals surface area contributed by atoms with E-state index in [9.17, 15) is 9.90 Å². The lowest BCUT2D eigenvalue weighted by Crippen LogP contribution is -2.19. The average Bonchev–Trinajstić information content (AvgIpc) is 2.76. The fourth-order valence-corrected chi connectivity index (χ4v) is 4.12. The molecule has 1 aliphatic rings. The van der Waals surface area contributed by atoms with Crippen molar-refractivity contribution in [1.29, 1.82) is 0 Å². The van der Waals surface area contributed by atoms with Crippen LogP contribution in [0.2, 0.25) is 0 Å². The molecule has 0 bridgehead atoms. The molecule has 2 aromatic rings. The van der Waals surface area contributed by atoms with E-state index in [4.69, 9.17) is 0 Å². The highest BCUT2D eigenvalue weighted by atomic mass is 79.9. The Kier molecular flexibility index (Phi) is 2.61. The second kappa shape index (κ2) is 3.90. The molecule has 3 rings (SSSR count). The van der Waals surface area contributed by atoms with Crippen LogP contribution in [0.25, 0.3) is 9.88 Å². The van der Waals surface area contributed by atoms with Crippen LogP contribution < -0.4 is 0 Å². The van der Waals surface area contributed by atoms with E-state index in [1.165, 1.54) is 11.3 Å². The molecule has 1 fully saturated rings. The van der Waals surface area contributed by atoms with Crippen LogP contribution in [0.3, 0.4) is 0 Å². The number of aliphatic carboxylic acids is 1. The quantitative estimate of drug-likeness (QED) is 0.932. The fraction of sp³-hybridized carbons (Fsp3) is 0.273. The molecule has 0 aliphatic heterocycles. The van der Waals surface area contributed by atoms with E-state index in [-0.39, 0.29) is 0 Å². The van der Waals surface area contributed by atoms with Gasteiger partial charge in [-0.2, -0.15) is 0 Å². The Morgan fingerprint density at radius 1 is 1.47 bits per heavy atom. The summed E-state index contributed by atoms with van der Waals surface area (Å²) in [5.41, 5.74) is 0.0259. The zero-order valence-electron chi connectivity index (χ0n) is 8.64. The maximum Gasteiger partial charge on any atom is 0.315 e. The number of hydrogen-bond donors (Lipinski definition) is 1. The molecule has 6 heteroatoms. The standard InChI is InChI=1S/C11H8BrNO2S2/c12-8-2-1-6(17-8)9-13-7(5-16-9)11(3-4-11)10(14)15/h1-2,5H,3-4H2,(H,14,15). The Hall–Kier alpha value is -0.720. The topological polar surface area (TPSA) is 50.2 Å². The zero-order chi connectivity index (χ0) is 12.0. The molecule has 0 amide bonds. The second-order valence-corrected chi connectivity index (χ2v) is 7.35. The van der Waals surface area contributed by atoms with Crippen LogP contribution >= 0.6 is 38.6 Å². The first kappa shape index (κ1) is 11.4. The molecule has 0 aromatic carbocycles. The minimum Gasteiger partial charge on any atom is -0.481 e. The summed E-state index contributed by atoms with van der Waals surface area (Å²) < 4.78 is 1.06. The smallest absolute Gasteiger partial charge is 0.315 e. The van der Waals surface area contributed by atoms with Gasteiger partial charge in [0.05, 0.1) is 14.4 Å². The Morgan fingerprint density at radius 2 is 2.24 bits per heavy atom. The van der Waals surface area contributed by atoms with E-state index in [2.05, 4.69) is 20.9 Å². The largest absolute Gasteiger partial charge is 0.481 e. The molecule has 2 heterocycles.